The molecule has 0 aromatic carbocycles. The standard InChI is InChI=1S/C17H22F3N5OS/c1-11(2)13-10-27-14(25-13)9-24-16(21-3)23-7-8-26-15-12(17(18,19)20)5-4-6-22-15/h4-6,10-11H,7-9H2,1-3H3,(H2,21,23,24). The molecule has 2 rings (SSSR count). The number of pyridine rings is 1. The van der Waals surface area contributed by atoms with Crippen LogP contribution in [0.4, 0.5) is 13.2 Å². The Morgan fingerprint density at radius 2 is 2.11 bits per heavy atom. The zero-order valence-electron chi connectivity index (χ0n) is 15.3. The summed E-state index contributed by atoms with van der Waals surface area (Å²) in [5.41, 5.74) is 0.154. The van der Waals surface area contributed by atoms with Gasteiger partial charge in [0, 0.05) is 18.6 Å². The number of nitrogens with zero attached hydrogens (tertiary/aromatic N) is 3. The number of alkyl halides is 3. The third kappa shape index (κ3) is 6.38. The number of aliphatic imine (C=N–C) groups is 1. The minimum atomic E-state index is -4.50. The van der Waals surface area contributed by atoms with Crippen LogP contribution in [-0.4, -0.2) is 36.1 Å². The Morgan fingerprint density at radius 1 is 1.33 bits per heavy atom. The maximum Gasteiger partial charge on any atom is 0.421 e. The fourth-order valence-electron chi connectivity index (χ4n) is 2.09. The van der Waals surface area contributed by atoms with Gasteiger partial charge in [0.05, 0.1) is 18.8 Å². The Balaban J connectivity index is 1.78. The topological polar surface area (TPSA) is 71.4 Å². The molecule has 2 aromatic heterocycles. The van der Waals surface area contributed by atoms with Crippen molar-refractivity contribution in [1.82, 2.24) is 20.6 Å². The number of thiazole rings is 1. The molecule has 2 N–H and O–H groups in total. The minimum Gasteiger partial charge on any atom is -0.475 e. The van der Waals surface area contributed by atoms with Crippen molar-refractivity contribution in [3.8, 4) is 5.88 Å². The molecule has 0 saturated carbocycles. The van der Waals surface area contributed by atoms with E-state index in [9.17, 15) is 13.2 Å². The predicted molar refractivity (Wildman–Crippen MR) is 99.1 cm³/mol. The molecule has 0 saturated heterocycles. The van der Waals surface area contributed by atoms with Crippen LogP contribution in [0.3, 0.4) is 0 Å². The summed E-state index contributed by atoms with van der Waals surface area (Å²) in [4.78, 5) is 12.2. The van der Waals surface area contributed by atoms with Crippen LogP contribution in [0.5, 0.6) is 5.88 Å². The van der Waals surface area contributed by atoms with Crippen LogP contribution in [-0.2, 0) is 12.7 Å². The number of aromatic nitrogens is 2. The average molecular weight is 401 g/mol. The molecule has 6 nitrogen and oxygen atoms in total. The molecule has 10 heteroatoms. The van der Waals surface area contributed by atoms with E-state index in [0.29, 0.717) is 18.4 Å². The van der Waals surface area contributed by atoms with Gasteiger partial charge in [-0.25, -0.2) is 9.97 Å². The molecular weight excluding hydrogens is 379 g/mol. The van der Waals surface area contributed by atoms with E-state index in [1.54, 1.807) is 18.4 Å². The number of halogens is 3. The Morgan fingerprint density at radius 3 is 2.74 bits per heavy atom. The second-order valence-corrected chi connectivity index (χ2v) is 6.82. The van der Waals surface area contributed by atoms with Crippen LogP contribution >= 0.6 is 11.3 Å². The number of nitrogens with one attached hydrogen (secondary N) is 2. The van der Waals surface area contributed by atoms with Crippen molar-refractivity contribution < 1.29 is 17.9 Å². The van der Waals surface area contributed by atoms with Gasteiger partial charge in [-0.1, -0.05) is 13.8 Å². The Labute approximate surface area is 159 Å². The lowest BCUT2D eigenvalue weighted by molar-refractivity contribution is -0.139. The quantitative estimate of drug-likeness (QED) is 0.423. The third-order valence-electron chi connectivity index (χ3n) is 3.50. The fraction of sp³-hybridized carbons (Fsp3) is 0.471. The molecule has 0 amide bonds. The maximum atomic E-state index is 12.9. The van der Waals surface area contributed by atoms with E-state index in [2.05, 4.69) is 39.4 Å². The summed E-state index contributed by atoms with van der Waals surface area (Å²) in [6.45, 7) is 4.95. The summed E-state index contributed by atoms with van der Waals surface area (Å²) in [6, 6.07) is 2.17. The number of hydrogen-bond acceptors (Lipinski definition) is 5. The van der Waals surface area contributed by atoms with E-state index >= 15 is 0 Å². The van der Waals surface area contributed by atoms with Crippen molar-refractivity contribution in [2.24, 2.45) is 4.99 Å². The Kier molecular flexibility index (Phi) is 7.40. The van der Waals surface area contributed by atoms with Gasteiger partial charge in [0.15, 0.2) is 5.96 Å². The van der Waals surface area contributed by atoms with E-state index in [1.807, 2.05) is 5.38 Å². The normalized spacial score (nSPS) is 12.3. The molecule has 0 aliphatic carbocycles. The maximum absolute atomic E-state index is 12.9. The fourth-order valence-corrected chi connectivity index (χ4v) is 2.99. The molecule has 0 radical (unpaired) electrons. The van der Waals surface area contributed by atoms with Crippen molar-refractivity contribution in [2.45, 2.75) is 32.5 Å². The Hall–Kier alpha value is -2.36. The van der Waals surface area contributed by atoms with Crippen LogP contribution in [0.2, 0.25) is 0 Å². The van der Waals surface area contributed by atoms with Gasteiger partial charge in [0.25, 0.3) is 0 Å². The summed E-state index contributed by atoms with van der Waals surface area (Å²) in [6.07, 6.45) is -3.24. The highest BCUT2D eigenvalue weighted by atomic mass is 32.1. The zero-order valence-corrected chi connectivity index (χ0v) is 16.1. The van der Waals surface area contributed by atoms with E-state index in [-0.39, 0.29) is 13.2 Å². The molecule has 0 aliphatic heterocycles. The monoisotopic (exact) mass is 401 g/mol. The SMILES string of the molecule is CN=C(NCCOc1ncccc1C(F)(F)F)NCc1nc(C(C)C)cs1. The lowest BCUT2D eigenvalue weighted by Gasteiger charge is -2.14. The summed E-state index contributed by atoms with van der Waals surface area (Å²) >= 11 is 1.56. The molecule has 27 heavy (non-hydrogen) atoms. The second-order valence-electron chi connectivity index (χ2n) is 5.88. The predicted octanol–water partition coefficient (Wildman–Crippen LogP) is 3.42. The smallest absolute Gasteiger partial charge is 0.421 e. The Bertz CT molecular complexity index is 761. The van der Waals surface area contributed by atoms with Gasteiger partial charge >= 0.3 is 6.18 Å². The molecule has 148 valence electrons. The van der Waals surface area contributed by atoms with Gasteiger partial charge in [0.2, 0.25) is 5.88 Å². The molecule has 0 fully saturated rings. The number of guanidine groups is 1. The first-order chi connectivity index (χ1) is 12.8. The van der Waals surface area contributed by atoms with Gasteiger partial charge in [-0.15, -0.1) is 11.3 Å². The van der Waals surface area contributed by atoms with E-state index < -0.39 is 17.6 Å². The van der Waals surface area contributed by atoms with Crippen LogP contribution in [0, 0.1) is 0 Å². The summed E-state index contributed by atoms with van der Waals surface area (Å²) in [5.74, 6) is 0.452. The van der Waals surface area contributed by atoms with Crippen LogP contribution in [0.25, 0.3) is 0 Å². The number of hydrogen-bond donors (Lipinski definition) is 2. The average Bonchev–Trinajstić information content (AvgIpc) is 3.10. The van der Waals surface area contributed by atoms with E-state index in [4.69, 9.17) is 4.74 Å². The second kappa shape index (κ2) is 9.54. The molecule has 0 atom stereocenters. The van der Waals surface area contributed by atoms with E-state index in [0.717, 1.165) is 16.8 Å². The van der Waals surface area contributed by atoms with Gasteiger partial charge < -0.3 is 15.4 Å². The lowest BCUT2D eigenvalue weighted by atomic mass is 10.2. The zero-order chi connectivity index (χ0) is 19.9. The largest absolute Gasteiger partial charge is 0.475 e. The van der Waals surface area contributed by atoms with Crippen LogP contribution < -0.4 is 15.4 Å². The van der Waals surface area contributed by atoms with Crippen molar-refractivity contribution >= 4 is 17.3 Å². The van der Waals surface area contributed by atoms with Gasteiger partial charge in [-0.3, -0.25) is 4.99 Å². The molecule has 2 aromatic rings. The summed E-state index contributed by atoms with van der Waals surface area (Å²) in [7, 11) is 1.61. The van der Waals surface area contributed by atoms with Crippen molar-refractivity contribution in [3.05, 3.63) is 40.0 Å². The number of rotatable bonds is 7. The van der Waals surface area contributed by atoms with Crippen LogP contribution in [0.15, 0.2) is 28.7 Å². The van der Waals surface area contributed by atoms with Crippen molar-refractivity contribution in [1.29, 1.82) is 0 Å². The van der Waals surface area contributed by atoms with Crippen molar-refractivity contribution in [2.75, 3.05) is 20.2 Å². The summed E-state index contributed by atoms with van der Waals surface area (Å²) < 4.78 is 43.8. The van der Waals surface area contributed by atoms with E-state index in [1.165, 1.54) is 12.3 Å². The first-order valence-corrected chi connectivity index (χ1v) is 9.23. The molecule has 0 spiro atoms. The lowest BCUT2D eigenvalue weighted by Crippen LogP contribution is -2.39. The third-order valence-corrected chi connectivity index (χ3v) is 4.37. The first kappa shape index (κ1) is 20.9. The molecular formula is C17H22F3N5OS. The number of ether oxygens (including phenoxy) is 1. The molecule has 0 bridgehead atoms. The molecule has 0 aliphatic rings. The van der Waals surface area contributed by atoms with Gasteiger partial charge in [-0.2, -0.15) is 13.2 Å². The molecule has 2 heterocycles. The first-order valence-electron chi connectivity index (χ1n) is 8.35. The van der Waals surface area contributed by atoms with Crippen molar-refractivity contribution in [3.63, 3.8) is 0 Å². The highest BCUT2D eigenvalue weighted by molar-refractivity contribution is 7.09. The highest BCUT2D eigenvalue weighted by Crippen LogP contribution is 2.34. The van der Waals surface area contributed by atoms with Crippen LogP contribution in [0.1, 0.15) is 36.0 Å². The molecule has 0 unspecified atom stereocenters. The van der Waals surface area contributed by atoms with Gasteiger partial charge in [-0.05, 0) is 18.1 Å². The summed E-state index contributed by atoms with van der Waals surface area (Å²) in [5, 5.41) is 9.04. The highest BCUT2D eigenvalue weighted by Gasteiger charge is 2.34. The minimum absolute atomic E-state index is 0.00947. The van der Waals surface area contributed by atoms with Gasteiger partial charge in [0.1, 0.15) is 17.2 Å².